The van der Waals surface area contributed by atoms with Gasteiger partial charge in [-0.1, -0.05) is 30.3 Å². The summed E-state index contributed by atoms with van der Waals surface area (Å²) in [5, 5.41) is 16.6. The zero-order valence-electron chi connectivity index (χ0n) is 18.4. The molecule has 0 aliphatic carbocycles. The fourth-order valence-electron chi connectivity index (χ4n) is 2.86. The molecule has 174 valence electrons. The summed E-state index contributed by atoms with van der Waals surface area (Å²) in [6.45, 7) is 0. The van der Waals surface area contributed by atoms with Crippen molar-refractivity contribution < 1.29 is 14.7 Å². The number of phenols is 1. The van der Waals surface area contributed by atoms with E-state index in [0.717, 1.165) is 11.3 Å². The van der Waals surface area contributed by atoms with Crippen LogP contribution in [-0.2, 0) is 4.79 Å². The van der Waals surface area contributed by atoms with Crippen LogP contribution in [0.1, 0.15) is 21.5 Å². The predicted octanol–water partition coefficient (Wildman–Crippen LogP) is 4.59. The number of anilines is 1. The minimum absolute atomic E-state index is 0.0541. The Kier molecular flexibility index (Phi) is 9.05. The molecule has 3 aromatic carbocycles. The smallest absolute Gasteiger partial charge is 0.287 e. The van der Waals surface area contributed by atoms with Crippen molar-refractivity contribution in [3.8, 4) is 5.75 Å². The van der Waals surface area contributed by atoms with Gasteiger partial charge in [-0.2, -0.15) is 5.10 Å². The van der Waals surface area contributed by atoms with Gasteiger partial charge in [0.15, 0.2) is 0 Å². The first-order valence-corrected chi connectivity index (χ1v) is 12.3. The lowest BCUT2D eigenvalue weighted by Gasteiger charge is -2.12. The molecule has 0 heterocycles. The number of carbonyl (C=O) groups excluding carboxylic acids is 2. The molecule has 0 aliphatic heterocycles. The Hall–Kier alpha value is -2.93. The summed E-state index contributed by atoms with van der Waals surface area (Å²) in [5.74, 6) is -0.768. The Labute approximate surface area is 225 Å². The van der Waals surface area contributed by atoms with E-state index in [4.69, 9.17) is 0 Å². The van der Waals surface area contributed by atoms with Crippen molar-refractivity contribution in [3.63, 3.8) is 0 Å². The molecule has 0 aliphatic rings. The van der Waals surface area contributed by atoms with Crippen LogP contribution in [0.2, 0.25) is 0 Å². The zero-order chi connectivity index (χ0) is 24.7. The molecule has 0 saturated heterocycles. The second-order valence-electron chi connectivity index (χ2n) is 7.40. The SMILES string of the molecule is CN(C)c1ccc(/C=C(\NC(=O)c2ccccc2)C(=O)N/N=C\c2cc(I)c(O)c(I)c2)cc1. The number of hydrogen-bond acceptors (Lipinski definition) is 5. The zero-order valence-corrected chi connectivity index (χ0v) is 22.7. The summed E-state index contributed by atoms with van der Waals surface area (Å²) >= 11 is 4.05. The number of nitrogens with one attached hydrogen (secondary N) is 2. The normalized spacial score (nSPS) is 11.4. The minimum atomic E-state index is -0.569. The van der Waals surface area contributed by atoms with Crippen LogP contribution in [0, 0.1) is 7.14 Å². The third kappa shape index (κ3) is 7.03. The molecule has 0 fully saturated rings. The molecule has 0 saturated carbocycles. The minimum Gasteiger partial charge on any atom is -0.506 e. The largest absolute Gasteiger partial charge is 0.506 e. The summed E-state index contributed by atoms with van der Waals surface area (Å²) in [6, 6.07) is 19.7. The van der Waals surface area contributed by atoms with Gasteiger partial charge in [0.1, 0.15) is 11.4 Å². The molecule has 2 amide bonds. The van der Waals surface area contributed by atoms with Crippen LogP contribution in [-0.4, -0.2) is 37.2 Å². The lowest BCUT2D eigenvalue weighted by molar-refractivity contribution is -0.117. The number of amides is 2. The molecule has 0 spiro atoms. The van der Waals surface area contributed by atoms with E-state index in [2.05, 4.69) is 15.8 Å². The van der Waals surface area contributed by atoms with E-state index in [0.29, 0.717) is 18.3 Å². The molecule has 0 atom stereocenters. The number of hydrogen-bond donors (Lipinski definition) is 3. The van der Waals surface area contributed by atoms with E-state index >= 15 is 0 Å². The second-order valence-corrected chi connectivity index (χ2v) is 9.72. The van der Waals surface area contributed by atoms with Crippen LogP contribution in [0.15, 0.2) is 77.5 Å². The number of phenolic OH excluding ortho intramolecular Hbond substituents is 1. The first-order chi connectivity index (χ1) is 16.2. The highest BCUT2D eigenvalue weighted by molar-refractivity contribution is 14.1. The number of halogens is 2. The van der Waals surface area contributed by atoms with Gasteiger partial charge < -0.3 is 15.3 Å². The summed E-state index contributed by atoms with van der Waals surface area (Å²) in [5.41, 5.74) is 5.42. The van der Waals surface area contributed by atoms with Crippen LogP contribution in [0.25, 0.3) is 6.08 Å². The van der Waals surface area contributed by atoms with E-state index < -0.39 is 11.8 Å². The van der Waals surface area contributed by atoms with Crippen molar-refractivity contribution in [1.29, 1.82) is 0 Å². The standard InChI is InChI=1S/C25H22I2N4O3/c1-31(2)19-10-8-16(9-11-19)14-22(29-24(33)18-6-4-3-5-7-18)25(34)30-28-15-17-12-20(26)23(32)21(27)13-17/h3-15,32H,1-2H3,(H,29,33)(H,30,34)/b22-14-,28-15-. The number of aromatic hydroxyl groups is 1. The second kappa shape index (κ2) is 12.0. The quantitative estimate of drug-likeness (QED) is 0.148. The first-order valence-electron chi connectivity index (χ1n) is 10.1. The van der Waals surface area contributed by atoms with Gasteiger partial charge in [-0.3, -0.25) is 9.59 Å². The Morgan fingerprint density at radius 1 is 0.941 bits per heavy atom. The number of carbonyl (C=O) groups is 2. The van der Waals surface area contributed by atoms with Gasteiger partial charge in [-0.05, 0) is 98.8 Å². The van der Waals surface area contributed by atoms with Crippen molar-refractivity contribution in [2.24, 2.45) is 5.10 Å². The number of benzene rings is 3. The summed E-state index contributed by atoms with van der Waals surface area (Å²) in [7, 11) is 3.88. The third-order valence-electron chi connectivity index (χ3n) is 4.67. The topological polar surface area (TPSA) is 94.0 Å². The average molecular weight is 680 g/mol. The molecular formula is C25H22I2N4O3. The third-order valence-corrected chi connectivity index (χ3v) is 6.31. The maximum absolute atomic E-state index is 12.9. The van der Waals surface area contributed by atoms with Gasteiger partial charge in [-0.15, -0.1) is 0 Å². The fourth-order valence-corrected chi connectivity index (χ4v) is 4.68. The lowest BCUT2D eigenvalue weighted by atomic mass is 10.1. The van der Waals surface area contributed by atoms with Crippen molar-refractivity contribution in [3.05, 3.63) is 96.3 Å². The molecule has 0 unspecified atom stereocenters. The summed E-state index contributed by atoms with van der Waals surface area (Å²) in [4.78, 5) is 27.6. The van der Waals surface area contributed by atoms with Crippen LogP contribution in [0.4, 0.5) is 5.69 Å². The van der Waals surface area contributed by atoms with Gasteiger partial charge in [0.25, 0.3) is 11.8 Å². The fraction of sp³-hybridized carbons (Fsp3) is 0.0800. The molecule has 3 aromatic rings. The van der Waals surface area contributed by atoms with Gasteiger partial charge in [0, 0.05) is 25.3 Å². The van der Waals surface area contributed by atoms with E-state index in [1.54, 1.807) is 42.5 Å². The highest BCUT2D eigenvalue weighted by Gasteiger charge is 2.14. The lowest BCUT2D eigenvalue weighted by Crippen LogP contribution is -2.32. The highest BCUT2D eigenvalue weighted by atomic mass is 127. The Morgan fingerprint density at radius 2 is 1.56 bits per heavy atom. The van der Waals surface area contributed by atoms with Gasteiger partial charge >= 0.3 is 0 Å². The Morgan fingerprint density at radius 3 is 2.15 bits per heavy atom. The number of rotatable bonds is 7. The molecular weight excluding hydrogens is 658 g/mol. The van der Waals surface area contributed by atoms with E-state index in [1.165, 1.54) is 6.21 Å². The predicted molar refractivity (Wildman–Crippen MR) is 152 cm³/mol. The van der Waals surface area contributed by atoms with Crippen molar-refractivity contribution in [2.45, 2.75) is 0 Å². The summed E-state index contributed by atoms with van der Waals surface area (Å²) in [6.07, 6.45) is 3.07. The molecule has 9 heteroatoms. The van der Waals surface area contributed by atoms with Crippen molar-refractivity contribution in [2.75, 3.05) is 19.0 Å². The van der Waals surface area contributed by atoms with Crippen molar-refractivity contribution in [1.82, 2.24) is 10.7 Å². The molecule has 0 radical (unpaired) electrons. The number of hydrazone groups is 1. The average Bonchev–Trinajstić information content (AvgIpc) is 2.82. The van der Waals surface area contributed by atoms with Crippen LogP contribution >= 0.6 is 45.2 Å². The molecule has 0 bridgehead atoms. The van der Waals surface area contributed by atoms with Crippen LogP contribution in [0.5, 0.6) is 5.75 Å². The molecule has 7 nitrogen and oxygen atoms in total. The molecule has 34 heavy (non-hydrogen) atoms. The van der Waals surface area contributed by atoms with Crippen LogP contribution < -0.4 is 15.6 Å². The number of nitrogens with zero attached hydrogens (tertiary/aromatic N) is 2. The van der Waals surface area contributed by atoms with Gasteiger partial charge in [0.2, 0.25) is 0 Å². The van der Waals surface area contributed by atoms with Gasteiger partial charge in [-0.25, -0.2) is 5.43 Å². The van der Waals surface area contributed by atoms with E-state index in [9.17, 15) is 14.7 Å². The molecule has 0 aromatic heterocycles. The Bertz CT molecular complexity index is 1220. The van der Waals surface area contributed by atoms with Crippen molar-refractivity contribution >= 4 is 75.0 Å². The Balaban J connectivity index is 1.83. The summed E-state index contributed by atoms with van der Waals surface area (Å²) < 4.78 is 1.35. The van der Waals surface area contributed by atoms with Crippen LogP contribution in [0.3, 0.4) is 0 Å². The van der Waals surface area contributed by atoms with Gasteiger partial charge in [0.05, 0.1) is 13.4 Å². The van der Waals surface area contributed by atoms with E-state index in [-0.39, 0.29) is 11.4 Å². The monoisotopic (exact) mass is 680 g/mol. The first kappa shape index (κ1) is 25.7. The molecule has 3 N–H and O–H groups in total. The highest BCUT2D eigenvalue weighted by Crippen LogP contribution is 2.26. The maximum atomic E-state index is 12.9. The maximum Gasteiger partial charge on any atom is 0.287 e. The van der Waals surface area contributed by atoms with E-state index in [1.807, 2.05) is 94.5 Å². The molecule has 3 rings (SSSR count).